The van der Waals surface area contributed by atoms with Gasteiger partial charge in [-0.2, -0.15) is 0 Å². The summed E-state index contributed by atoms with van der Waals surface area (Å²) >= 11 is 1.75. The van der Waals surface area contributed by atoms with Crippen molar-refractivity contribution in [3.05, 3.63) is 77.4 Å². The number of thioether (sulfide) groups is 1. The van der Waals surface area contributed by atoms with Gasteiger partial charge in [0.1, 0.15) is 0 Å². The van der Waals surface area contributed by atoms with E-state index in [9.17, 15) is 4.79 Å². The van der Waals surface area contributed by atoms with Crippen LogP contribution in [0, 0.1) is 5.41 Å². The van der Waals surface area contributed by atoms with E-state index < -0.39 is 0 Å². The molecule has 0 amide bonds. The summed E-state index contributed by atoms with van der Waals surface area (Å²) < 4.78 is 0. The first-order valence-electron chi connectivity index (χ1n) is 10.2. The van der Waals surface area contributed by atoms with E-state index in [0.717, 1.165) is 28.6 Å². The molecular weight excluding hydrogens is 374 g/mol. The fourth-order valence-electron chi connectivity index (χ4n) is 4.90. The van der Waals surface area contributed by atoms with Crippen molar-refractivity contribution in [3.63, 3.8) is 0 Å². The van der Waals surface area contributed by atoms with Crippen molar-refractivity contribution >= 4 is 39.6 Å². The average Bonchev–Trinajstić information content (AvgIpc) is 2.72. The van der Waals surface area contributed by atoms with Crippen LogP contribution in [0.25, 0.3) is 16.3 Å². The Labute approximate surface area is 176 Å². The van der Waals surface area contributed by atoms with E-state index in [1.54, 1.807) is 11.8 Å². The molecule has 1 aliphatic carbocycles. The number of anilines is 1. The zero-order valence-electron chi connectivity index (χ0n) is 17.1. The molecule has 29 heavy (non-hydrogen) atoms. The van der Waals surface area contributed by atoms with Crippen molar-refractivity contribution in [2.24, 2.45) is 5.41 Å². The Balaban J connectivity index is 1.76. The second kappa shape index (κ2) is 6.77. The molecule has 2 aliphatic rings. The molecule has 3 heteroatoms. The summed E-state index contributed by atoms with van der Waals surface area (Å²) in [6, 6.07) is 21.5. The fourth-order valence-corrected chi connectivity index (χ4v) is 5.31. The third-order valence-electron chi connectivity index (χ3n) is 6.18. The number of allylic oxidation sites excluding steroid dienone is 1. The van der Waals surface area contributed by atoms with E-state index in [0.29, 0.717) is 6.42 Å². The van der Waals surface area contributed by atoms with Gasteiger partial charge in [0, 0.05) is 28.1 Å². The number of fused-ring (bicyclic) bond motifs is 4. The van der Waals surface area contributed by atoms with Crippen LogP contribution in [0.15, 0.2) is 71.1 Å². The SMILES string of the molecule is CSc1ccc([C@H]2Nc3ccc4ccccc4c3C3=C2CC(C)(C)CC3=O)cc1. The molecule has 0 unspecified atom stereocenters. The van der Waals surface area contributed by atoms with E-state index in [2.05, 4.69) is 86.1 Å². The van der Waals surface area contributed by atoms with Gasteiger partial charge in [0.05, 0.1) is 6.04 Å². The van der Waals surface area contributed by atoms with Crippen LogP contribution in [0.5, 0.6) is 0 Å². The highest BCUT2D eigenvalue weighted by atomic mass is 32.2. The summed E-state index contributed by atoms with van der Waals surface area (Å²) in [6.07, 6.45) is 3.63. The van der Waals surface area contributed by atoms with Crippen LogP contribution in [-0.4, -0.2) is 12.0 Å². The molecule has 0 aromatic heterocycles. The lowest BCUT2D eigenvalue weighted by molar-refractivity contribution is -0.116. The van der Waals surface area contributed by atoms with Crippen LogP contribution in [0.2, 0.25) is 0 Å². The van der Waals surface area contributed by atoms with Crippen molar-refractivity contribution in [2.75, 3.05) is 11.6 Å². The minimum Gasteiger partial charge on any atom is -0.374 e. The van der Waals surface area contributed by atoms with Crippen molar-refractivity contribution in [2.45, 2.75) is 37.6 Å². The third kappa shape index (κ3) is 3.08. The van der Waals surface area contributed by atoms with Crippen LogP contribution in [0.3, 0.4) is 0 Å². The monoisotopic (exact) mass is 399 g/mol. The quantitative estimate of drug-likeness (QED) is 0.477. The number of hydrogen-bond acceptors (Lipinski definition) is 3. The van der Waals surface area contributed by atoms with Gasteiger partial charge in [0.25, 0.3) is 0 Å². The van der Waals surface area contributed by atoms with Crippen LogP contribution >= 0.6 is 11.8 Å². The number of hydrogen-bond donors (Lipinski definition) is 1. The molecule has 3 aromatic carbocycles. The van der Waals surface area contributed by atoms with E-state index in [4.69, 9.17) is 0 Å². The molecule has 0 spiro atoms. The van der Waals surface area contributed by atoms with Gasteiger partial charge in [0.15, 0.2) is 5.78 Å². The number of rotatable bonds is 2. The molecular formula is C26H25NOS. The maximum absolute atomic E-state index is 13.4. The van der Waals surface area contributed by atoms with Gasteiger partial charge in [-0.1, -0.05) is 56.3 Å². The molecule has 1 atom stereocenters. The van der Waals surface area contributed by atoms with Crippen LogP contribution in [0.4, 0.5) is 5.69 Å². The first kappa shape index (κ1) is 18.5. The Kier molecular flexibility index (Phi) is 4.32. The minimum absolute atomic E-state index is 0.0167. The van der Waals surface area contributed by atoms with Crippen molar-refractivity contribution < 1.29 is 4.79 Å². The number of nitrogens with one attached hydrogen (secondary N) is 1. The van der Waals surface area contributed by atoms with Gasteiger partial charge >= 0.3 is 0 Å². The first-order valence-corrected chi connectivity index (χ1v) is 11.4. The average molecular weight is 400 g/mol. The first-order chi connectivity index (χ1) is 14.0. The molecule has 0 saturated carbocycles. The molecule has 3 aromatic rings. The number of ketones is 1. The van der Waals surface area contributed by atoms with E-state index in [1.807, 2.05) is 0 Å². The lowest BCUT2D eigenvalue weighted by atomic mass is 9.68. The van der Waals surface area contributed by atoms with E-state index in [1.165, 1.54) is 21.4 Å². The summed E-state index contributed by atoms with van der Waals surface area (Å²) in [6.45, 7) is 4.42. The van der Waals surface area contributed by atoms with Crippen LogP contribution < -0.4 is 5.32 Å². The highest BCUT2D eigenvalue weighted by molar-refractivity contribution is 7.98. The lowest BCUT2D eigenvalue weighted by Crippen LogP contribution is -2.32. The molecule has 0 fully saturated rings. The summed E-state index contributed by atoms with van der Waals surface area (Å²) in [5.41, 5.74) is 5.56. The molecule has 0 radical (unpaired) electrons. The zero-order chi connectivity index (χ0) is 20.2. The minimum atomic E-state index is -0.0167. The molecule has 1 N–H and O–H groups in total. The topological polar surface area (TPSA) is 29.1 Å². The van der Waals surface area contributed by atoms with Crippen molar-refractivity contribution in [1.82, 2.24) is 0 Å². The molecule has 2 nitrogen and oxygen atoms in total. The smallest absolute Gasteiger partial charge is 0.164 e. The maximum Gasteiger partial charge on any atom is 0.164 e. The number of carbonyl (C=O) groups excluding carboxylic acids is 1. The van der Waals surface area contributed by atoms with Gasteiger partial charge in [-0.05, 0) is 58.2 Å². The second-order valence-electron chi connectivity index (χ2n) is 8.90. The Morgan fingerprint density at radius 3 is 2.48 bits per heavy atom. The van der Waals surface area contributed by atoms with Crippen molar-refractivity contribution in [1.29, 1.82) is 0 Å². The van der Waals surface area contributed by atoms with Gasteiger partial charge in [-0.25, -0.2) is 0 Å². The number of Topliss-reactive ketones (excluding diaryl/α,β-unsaturated/α-hetero) is 1. The second-order valence-corrected chi connectivity index (χ2v) is 9.78. The summed E-state index contributed by atoms with van der Waals surface area (Å²) in [5.74, 6) is 0.279. The molecule has 1 aliphatic heterocycles. The lowest BCUT2D eigenvalue weighted by Gasteiger charge is -2.40. The zero-order valence-corrected chi connectivity index (χ0v) is 17.9. The molecule has 5 rings (SSSR count). The molecule has 1 heterocycles. The largest absolute Gasteiger partial charge is 0.374 e. The Morgan fingerprint density at radius 2 is 1.72 bits per heavy atom. The number of benzene rings is 3. The van der Waals surface area contributed by atoms with E-state index >= 15 is 0 Å². The highest BCUT2D eigenvalue weighted by Gasteiger charge is 2.40. The van der Waals surface area contributed by atoms with Gasteiger partial charge < -0.3 is 5.32 Å². The standard InChI is InChI=1S/C26H25NOS/c1-26(2)14-20-24(22(28)15-26)23-19-7-5-4-6-16(19)10-13-21(23)27-25(20)17-8-11-18(29-3)12-9-17/h4-13,25,27H,14-15H2,1-3H3/t25-/m1/s1. The summed E-state index contributed by atoms with van der Waals surface area (Å²) in [4.78, 5) is 14.7. The van der Waals surface area contributed by atoms with Crippen LogP contribution in [0.1, 0.15) is 43.9 Å². The highest BCUT2D eigenvalue weighted by Crippen LogP contribution is 2.51. The van der Waals surface area contributed by atoms with Crippen molar-refractivity contribution in [3.8, 4) is 0 Å². The Bertz CT molecular complexity index is 1160. The molecule has 0 bridgehead atoms. The molecule has 0 saturated heterocycles. The Morgan fingerprint density at radius 1 is 0.966 bits per heavy atom. The third-order valence-corrected chi connectivity index (χ3v) is 6.93. The predicted octanol–water partition coefficient (Wildman–Crippen LogP) is 6.87. The van der Waals surface area contributed by atoms with E-state index in [-0.39, 0.29) is 17.2 Å². The summed E-state index contributed by atoms with van der Waals surface area (Å²) in [7, 11) is 0. The molecule has 146 valence electrons. The number of carbonyl (C=O) groups is 1. The normalized spacial score (nSPS) is 20.2. The Hall–Kier alpha value is -2.52. The van der Waals surface area contributed by atoms with Gasteiger partial charge in [0.2, 0.25) is 0 Å². The van der Waals surface area contributed by atoms with Gasteiger partial charge in [-0.3, -0.25) is 4.79 Å². The fraction of sp³-hybridized carbons (Fsp3) is 0.269. The maximum atomic E-state index is 13.4. The predicted molar refractivity (Wildman–Crippen MR) is 123 cm³/mol. The van der Waals surface area contributed by atoms with Gasteiger partial charge in [-0.15, -0.1) is 11.8 Å². The summed E-state index contributed by atoms with van der Waals surface area (Å²) in [5, 5.41) is 6.13. The van der Waals surface area contributed by atoms with Crippen LogP contribution in [-0.2, 0) is 4.79 Å².